The van der Waals surface area contributed by atoms with E-state index in [4.69, 9.17) is 4.74 Å². The third-order valence-corrected chi connectivity index (χ3v) is 6.04. The van der Waals surface area contributed by atoms with E-state index >= 15 is 0 Å². The number of rotatable bonds is 8. The lowest BCUT2D eigenvalue weighted by atomic mass is 10.1. The number of hydrogen-bond acceptors (Lipinski definition) is 7. The van der Waals surface area contributed by atoms with E-state index in [2.05, 4.69) is 14.7 Å². The Bertz CT molecular complexity index is 1390. The molecule has 0 fully saturated rings. The second kappa shape index (κ2) is 9.59. The van der Waals surface area contributed by atoms with Crippen LogP contribution in [0.2, 0.25) is 0 Å². The van der Waals surface area contributed by atoms with E-state index in [1.54, 1.807) is 37.4 Å². The van der Waals surface area contributed by atoms with Gasteiger partial charge in [0, 0.05) is 18.8 Å². The topological polar surface area (TPSA) is 127 Å². The van der Waals surface area contributed by atoms with Gasteiger partial charge in [0.05, 0.1) is 18.6 Å². The first-order valence-corrected chi connectivity index (χ1v) is 11.6. The number of imidazole rings is 1. The molecule has 0 bridgehead atoms. The molecule has 0 saturated carbocycles. The fourth-order valence-electron chi connectivity index (χ4n) is 3.10. The quantitative estimate of drug-likeness (QED) is 0.350. The number of nitrogens with zero attached hydrogens (tertiary/aromatic N) is 3. The van der Waals surface area contributed by atoms with Gasteiger partial charge in [0.2, 0.25) is 0 Å². The van der Waals surface area contributed by atoms with Crippen molar-refractivity contribution in [3.05, 3.63) is 84.6 Å². The van der Waals surface area contributed by atoms with E-state index in [1.165, 1.54) is 47.4 Å². The molecule has 11 heteroatoms. The number of aliphatic hydroxyl groups excluding tert-OH is 2. The molecular formula is C23H21FN4O5S. The summed E-state index contributed by atoms with van der Waals surface area (Å²) in [6.45, 7) is -0.555. The Labute approximate surface area is 195 Å². The van der Waals surface area contributed by atoms with Crippen molar-refractivity contribution in [1.29, 1.82) is 0 Å². The zero-order valence-electron chi connectivity index (χ0n) is 18.0. The highest BCUT2D eigenvalue weighted by Gasteiger charge is 2.20. The molecule has 0 amide bonds. The van der Waals surface area contributed by atoms with Crippen LogP contribution in [-0.4, -0.2) is 39.8 Å². The maximum Gasteiger partial charge on any atom is 0.282 e. The van der Waals surface area contributed by atoms with Gasteiger partial charge in [-0.25, -0.2) is 14.4 Å². The Morgan fingerprint density at radius 2 is 1.74 bits per heavy atom. The summed E-state index contributed by atoms with van der Waals surface area (Å²) in [5.74, 6) is 0.551. The number of nitrogens with one attached hydrogen (secondary N) is 1. The third kappa shape index (κ3) is 5.39. The van der Waals surface area contributed by atoms with Crippen molar-refractivity contribution < 1.29 is 27.8 Å². The molecule has 0 spiro atoms. The van der Waals surface area contributed by atoms with Crippen LogP contribution in [-0.2, 0) is 17.1 Å². The van der Waals surface area contributed by atoms with Gasteiger partial charge in [-0.2, -0.15) is 8.42 Å². The molecule has 4 aromatic rings. The normalized spacial score (nSPS) is 12.4. The molecule has 0 aliphatic carbocycles. The summed E-state index contributed by atoms with van der Waals surface area (Å²) in [4.78, 5) is 8.21. The van der Waals surface area contributed by atoms with E-state index in [1.807, 2.05) is 0 Å². The average Bonchev–Trinajstić information content (AvgIpc) is 3.27. The standard InChI is InChI=1S/C23H21FN4O5S/c1-28-12-23(25-14-28)34(31,32)27-22-11-16(21(30)13-29)10-20(26-22)15-2-6-18(7-3-15)33-19-8-4-17(24)5-9-19/h2-12,14,21,29-30H,13H2,1H3,(H,26,27). The van der Waals surface area contributed by atoms with Crippen molar-refractivity contribution >= 4 is 15.8 Å². The minimum Gasteiger partial charge on any atom is -0.457 e. The van der Waals surface area contributed by atoms with Gasteiger partial charge in [-0.15, -0.1) is 0 Å². The zero-order chi connectivity index (χ0) is 24.3. The van der Waals surface area contributed by atoms with Crippen molar-refractivity contribution in [3.63, 3.8) is 0 Å². The molecular weight excluding hydrogens is 463 g/mol. The number of halogens is 1. The van der Waals surface area contributed by atoms with E-state index in [0.717, 1.165) is 0 Å². The highest BCUT2D eigenvalue weighted by Crippen LogP contribution is 2.29. The Hall–Kier alpha value is -3.80. The number of aryl methyl sites for hydroxylation is 1. The number of anilines is 1. The van der Waals surface area contributed by atoms with Crippen LogP contribution in [0.15, 0.2) is 78.2 Å². The second-order valence-corrected chi connectivity index (χ2v) is 9.06. The monoisotopic (exact) mass is 484 g/mol. The zero-order valence-corrected chi connectivity index (χ0v) is 18.8. The van der Waals surface area contributed by atoms with Gasteiger partial charge >= 0.3 is 0 Å². The Balaban J connectivity index is 1.63. The Morgan fingerprint density at radius 3 is 2.32 bits per heavy atom. The maximum atomic E-state index is 13.1. The summed E-state index contributed by atoms with van der Waals surface area (Å²) in [5, 5.41) is 19.4. The third-order valence-electron chi connectivity index (χ3n) is 4.80. The SMILES string of the molecule is Cn1cnc(S(=O)(=O)Nc2cc(C(O)CO)cc(-c3ccc(Oc4ccc(F)cc4)cc3)n2)c1. The summed E-state index contributed by atoms with van der Waals surface area (Å²) < 4.78 is 48.0. The fourth-order valence-corrected chi connectivity index (χ4v) is 4.08. The first kappa shape index (κ1) is 23.4. The van der Waals surface area contributed by atoms with Crippen LogP contribution in [0.3, 0.4) is 0 Å². The molecule has 0 saturated heterocycles. The molecule has 0 aliphatic rings. The molecule has 9 nitrogen and oxygen atoms in total. The molecule has 2 heterocycles. The molecule has 1 unspecified atom stereocenters. The molecule has 1 atom stereocenters. The first-order chi connectivity index (χ1) is 16.2. The minimum atomic E-state index is -4.02. The lowest BCUT2D eigenvalue weighted by molar-refractivity contribution is 0.0956. The molecule has 0 radical (unpaired) electrons. The Morgan fingerprint density at radius 1 is 1.09 bits per heavy atom. The van der Waals surface area contributed by atoms with Crippen LogP contribution in [0.1, 0.15) is 11.7 Å². The number of ether oxygens (including phenoxy) is 1. The molecule has 2 aromatic heterocycles. The number of aromatic nitrogens is 3. The van der Waals surface area contributed by atoms with Gasteiger partial charge in [0.1, 0.15) is 29.2 Å². The Kier molecular flexibility index (Phi) is 6.59. The van der Waals surface area contributed by atoms with Crippen LogP contribution < -0.4 is 9.46 Å². The van der Waals surface area contributed by atoms with E-state index in [-0.39, 0.29) is 22.2 Å². The van der Waals surface area contributed by atoms with Gasteiger partial charge < -0.3 is 19.5 Å². The van der Waals surface area contributed by atoms with Crippen LogP contribution in [0, 0.1) is 5.82 Å². The van der Waals surface area contributed by atoms with Gasteiger partial charge in [0.25, 0.3) is 10.0 Å². The minimum absolute atomic E-state index is 0.0442. The van der Waals surface area contributed by atoms with E-state index in [9.17, 15) is 23.0 Å². The van der Waals surface area contributed by atoms with Crippen LogP contribution in [0.5, 0.6) is 11.5 Å². The molecule has 0 aliphatic heterocycles. The number of aliphatic hydroxyl groups is 2. The largest absolute Gasteiger partial charge is 0.457 e. The maximum absolute atomic E-state index is 13.1. The summed E-state index contributed by atoms with van der Waals surface area (Å²) >= 11 is 0. The second-order valence-electron chi connectivity index (χ2n) is 7.43. The molecule has 176 valence electrons. The summed E-state index contributed by atoms with van der Waals surface area (Å²) in [6.07, 6.45) is 1.46. The number of benzene rings is 2. The summed E-state index contributed by atoms with van der Waals surface area (Å²) in [6, 6.07) is 15.2. The van der Waals surface area contributed by atoms with Crippen molar-refractivity contribution in [2.45, 2.75) is 11.1 Å². The highest BCUT2D eigenvalue weighted by molar-refractivity contribution is 7.92. The van der Waals surface area contributed by atoms with Crippen LogP contribution in [0.4, 0.5) is 10.2 Å². The lowest BCUT2D eigenvalue weighted by Crippen LogP contribution is -2.15. The predicted octanol–water partition coefficient (Wildman–Crippen LogP) is 3.24. The van der Waals surface area contributed by atoms with Crippen molar-refractivity contribution in [2.75, 3.05) is 11.3 Å². The van der Waals surface area contributed by atoms with Gasteiger partial charge in [-0.05, 0) is 66.2 Å². The predicted molar refractivity (Wildman–Crippen MR) is 122 cm³/mol. The molecule has 3 N–H and O–H groups in total. The lowest BCUT2D eigenvalue weighted by Gasteiger charge is -2.14. The van der Waals surface area contributed by atoms with Gasteiger partial charge in [0.15, 0.2) is 5.03 Å². The van der Waals surface area contributed by atoms with Crippen molar-refractivity contribution in [2.24, 2.45) is 7.05 Å². The van der Waals surface area contributed by atoms with Gasteiger partial charge in [-0.1, -0.05) is 0 Å². The van der Waals surface area contributed by atoms with E-state index in [0.29, 0.717) is 22.8 Å². The smallest absolute Gasteiger partial charge is 0.282 e. The number of hydrogen-bond donors (Lipinski definition) is 3. The molecule has 34 heavy (non-hydrogen) atoms. The number of pyridine rings is 1. The molecule has 2 aromatic carbocycles. The first-order valence-electron chi connectivity index (χ1n) is 10.1. The van der Waals surface area contributed by atoms with Crippen molar-refractivity contribution in [1.82, 2.24) is 14.5 Å². The molecule has 4 rings (SSSR count). The van der Waals surface area contributed by atoms with Gasteiger partial charge in [-0.3, -0.25) is 4.72 Å². The average molecular weight is 485 g/mol. The summed E-state index contributed by atoms with van der Waals surface area (Å²) in [7, 11) is -2.38. The van der Waals surface area contributed by atoms with E-state index < -0.39 is 22.7 Å². The van der Waals surface area contributed by atoms with Crippen LogP contribution in [0.25, 0.3) is 11.3 Å². The van der Waals surface area contributed by atoms with Crippen LogP contribution >= 0.6 is 0 Å². The fraction of sp³-hybridized carbons (Fsp3) is 0.130. The number of sulfonamides is 1. The summed E-state index contributed by atoms with van der Waals surface area (Å²) in [5.41, 5.74) is 1.24. The van der Waals surface area contributed by atoms with Crippen molar-refractivity contribution in [3.8, 4) is 22.8 Å². The highest BCUT2D eigenvalue weighted by atomic mass is 32.2.